The van der Waals surface area contributed by atoms with Gasteiger partial charge >= 0.3 is 0 Å². The van der Waals surface area contributed by atoms with Crippen molar-refractivity contribution in [2.45, 2.75) is 64.2 Å². The van der Waals surface area contributed by atoms with E-state index in [1.165, 1.54) is 0 Å². The fraction of sp³-hybridized carbons (Fsp3) is 0.500. The fourth-order valence-corrected chi connectivity index (χ4v) is 4.53. The third-order valence-corrected chi connectivity index (χ3v) is 6.74. The summed E-state index contributed by atoms with van der Waals surface area (Å²) in [5.41, 5.74) is 11.5. The van der Waals surface area contributed by atoms with Crippen molar-refractivity contribution in [2.24, 2.45) is 11.8 Å². The van der Waals surface area contributed by atoms with Crippen molar-refractivity contribution >= 4 is 19.1 Å². The number of carbonyl (C=O) groups is 3. The number of unbranched alkanes of at least 4 members (excludes halogenated alkanes) is 1. The molecule has 0 saturated heterocycles. The van der Waals surface area contributed by atoms with Crippen LogP contribution in [-0.2, 0) is 51.9 Å². The molecule has 2 aromatic carbocycles. The summed E-state index contributed by atoms with van der Waals surface area (Å²) in [4.78, 5) is 40.4. The van der Waals surface area contributed by atoms with E-state index in [9.17, 15) is 14.7 Å². The summed E-state index contributed by atoms with van der Waals surface area (Å²) in [6, 6.07) is 20.3. The van der Waals surface area contributed by atoms with E-state index in [4.69, 9.17) is 15.5 Å². The number of nitrogens with two attached hydrogens (primary N) is 1. The maximum absolute atomic E-state index is 13.8. The first-order valence-corrected chi connectivity index (χ1v) is 14.1. The minimum Gasteiger partial charge on any atom is -0.536 e. The molecule has 6 N–H and O–H groups in total. The molecule has 2 aromatic rings. The molecule has 0 heterocycles. The number of carbonyl (C=O) groups excluding carboxylic acids is 3. The number of nitrogens with one attached hydrogen (secondary N) is 3. The summed E-state index contributed by atoms with van der Waals surface area (Å²) >= 11 is 0. The molecule has 2 rings (SSSR count). The van der Waals surface area contributed by atoms with E-state index in [1.807, 2.05) is 50.1 Å². The molecule has 3 atom stereocenters. The SMILES string of the molecule is C=O.CCCCNOC(CCCN[N-]N)[C@@H](C)C(=O)N(CCC(c1ccccc1)c1ccccc1)CC(O)NC=O.[Y]. The molecule has 0 aliphatic rings. The third kappa shape index (κ3) is 15.4. The van der Waals surface area contributed by atoms with Crippen LogP contribution in [0.25, 0.3) is 5.53 Å². The summed E-state index contributed by atoms with van der Waals surface area (Å²) in [6.45, 7) is 7.55. The van der Waals surface area contributed by atoms with Crippen LogP contribution in [0.15, 0.2) is 60.7 Å². The molecule has 42 heavy (non-hydrogen) atoms. The molecule has 12 heteroatoms. The molecule has 1 radical (unpaired) electrons. The van der Waals surface area contributed by atoms with Gasteiger partial charge in [-0.25, -0.2) is 5.48 Å². The van der Waals surface area contributed by atoms with Gasteiger partial charge in [0.1, 0.15) is 13.0 Å². The molecule has 2 unspecified atom stereocenters. The zero-order valence-corrected chi connectivity index (χ0v) is 27.7. The molecule has 0 bridgehead atoms. The molecule has 0 saturated carbocycles. The van der Waals surface area contributed by atoms with E-state index in [0.717, 1.165) is 24.0 Å². The summed E-state index contributed by atoms with van der Waals surface area (Å²) in [7, 11) is 0. The largest absolute Gasteiger partial charge is 0.536 e. The maximum atomic E-state index is 13.8. The third-order valence-electron chi connectivity index (χ3n) is 6.74. The number of aliphatic hydroxyl groups excluding tert-OH is 1. The number of benzene rings is 2. The van der Waals surface area contributed by atoms with E-state index in [2.05, 4.69) is 52.9 Å². The Hall–Kier alpha value is -2.09. The number of amides is 2. The van der Waals surface area contributed by atoms with Gasteiger partial charge in [-0.15, -0.1) is 0 Å². The van der Waals surface area contributed by atoms with Crippen molar-refractivity contribution in [3.8, 4) is 0 Å². The zero-order chi connectivity index (χ0) is 30.3. The van der Waals surface area contributed by atoms with Crippen molar-refractivity contribution in [1.82, 2.24) is 21.1 Å². The van der Waals surface area contributed by atoms with Crippen molar-refractivity contribution in [2.75, 3.05) is 26.2 Å². The predicted molar refractivity (Wildman–Crippen MR) is 160 cm³/mol. The van der Waals surface area contributed by atoms with Crippen molar-refractivity contribution in [1.29, 1.82) is 0 Å². The average molecular weight is 661 g/mol. The summed E-state index contributed by atoms with van der Waals surface area (Å²) in [5.74, 6) is 4.58. The van der Waals surface area contributed by atoms with Crippen LogP contribution in [0.1, 0.15) is 63.0 Å². The van der Waals surface area contributed by atoms with Crippen LogP contribution in [0.2, 0.25) is 0 Å². The van der Waals surface area contributed by atoms with E-state index >= 15 is 0 Å². The van der Waals surface area contributed by atoms with Crippen molar-refractivity contribution in [3.63, 3.8) is 0 Å². The van der Waals surface area contributed by atoms with E-state index in [1.54, 1.807) is 4.90 Å². The number of hydrogen-bond acceptors (Lipinski definition) is 8. The Morgan fingerprint density at radius 2 is 1.64 bits per heavy atom. The van der Waals surface area contributed by atoms with E-state index < -0.39 is 18.2 Å². The predicted octanol–water partition coefficient (Wildman–Crippen LogP) is 2.77. The van der Waals surface area contributed by atoms with Crippen LogP contribution < -0.4 is 22.1 Å². The minimum atomic E-state index is -1.18. The number of nitrogens with zero attached hydrogens (tertiary/aromatic N) is 2. The standard InChI is InChI=1S/C29H45N6O4.CH2O.Y/c1-3-4-19-33-39-27(16-11-18-32-34-30)23(2)29(38)35(21-28(37)31-22-36)20-17-26(24-12-7-5-8-13-24)25-14-9-6-10-15-25;1-2;/h5-10,12-15,22-23,26-28,32-33,37H,3-4,11,16-21,30H2,1-2H3,(H,31,36);1H2;/q-1;;/t23-,27?,28?;;/m1../s1. The smallest absolute Gasteiger partial charge is 0.228 e. The molecule has 0 spiro atoms. The van der Waals surface area contributed by atoms with Crippen LogP contribution in [-0.4, -0.2) is 67.6 Å². The van der Waals surface area contributed by atoms with E-state index in [0.29, 0.717) is 45.3 Å². The maximum Gasteiger partial charge on any atom is 0.228 e. The Bertz CT molecular complexity index is 895. The second kappa shape index (κ2) is 25.4. The Morgan fingerprint density at radius 1 is 1.05 bits per heavy atom. The Labute approximate surface area is 275 Å². The summed E-state index contributed by atoms with van der Waals surface area (Å²) in [6.07, 6.45) is 2.80. The number of rotatable bonds is 21. The Morgan fingerprint density at radius 3 is 2.17 bits per heavy atom. The van der Waals surface area contributed by atoms with Crippen LogP contribution in [0, 0.1) is 5.92 Å². The van der Waals surface area contributed by atoms with Crippen LogP contribution in [0.4, 0.5) is 0 Å². The summed E-state index contributed by atoms with van der Waals surface area (Å²) < 4.78 is 0. The van der Waals surface area contributed by atoms with Gasteiger partial charge in [-0.3, -0.25) is 14.4 Å². The van der Waals surface area contributed by atoms with Crippen molar-refractivity contribution in [3.05, 3.63) is 77.3 Å². The number of aliphatic hydroxyl groups is 1. The molecule has 0 aromatic heterocycles. The van der Waals surface area contributed by atoms with Gasteiger partial charge in [0.2, 0.25) is 12.3 Å². The molecule has 0 aliphatic heterocycles. The quantitative estimate of drug-likeness (QED) is 0.0450. The van der Waals surface area contributed by atoms with Gasteiger partial charge in [-0.1, -0.05) is 80.9 Å². The fourth-order valence-electron chi connectivity index (χ4n) is 4.53. The van der Waals surface area contributed by atoms with Gasteiger partial charge in [-0.05, 0) is 43.4 Å². The second-order valence-electron chi connectivity index (χ2n) is 9.62. The first kappa shape index (κ1) is 39.9. The molecule has 11 nitrogen and oxygen atoms in total. The van der Waals surface area contributed by atoms with Gasteiger partial charge in [0, 0.05) is 51.7 Å². The number of hydrogen-bond donors (Lipinski definition) is 5. The van der Waals surface area contributed by atoms with Crippen LogP contribution in [0.3, 0.4) is 0 Å². The zero-order valence-electron chi connectivity index (χ0n) is 24.9. The van der Waals surface area contributed by atoms with Crippen LogP contribution >= 0.6 is 0 Å². The van der Waals surface area contributed by atoms with E-state index in [-0.39, 0.29) is 51.1 Å². The van der Waals surface area contributed by atoms with Gasteiger partial charge in [0.25, 0.3) is 0 Å². The first-order valence-electron chi connectivity index (χ1n) is 14.1. The molecule has 231 valence electrons. The molecule has 2 amide bonds. The van der Waals surface area contributed by atoms with Crippen LogP contribution in [0.5, 0.6) is 0 Å². The summed E-state index contributed by atoms with van der Waals surface area (Å²) in [5, 5.41) is 12.7. The normalized spacial score (nSPS) is 12.7. The van der Waals surface area contributed by atoms with Gasteiger partial charge in [0.15, 0.2) is 0 Å². The molecular weight excluding hydrogens is 613 g/mol. The monoisotopic (exact) mass is 660 g/mol. The van der Waals surface area contributed by atoms with Gasteiger partial charge in [0.05, 0.1) is 18.6 Å². The molecule has 0 fully saturated rings. The minimum absolute atomic E-state index is 0. The van der Waals surface area contributed by atoms with Gasteiger partial charge in [-0.2, -0.15) is 0 Å². The molecular formula is C30H47N6O5Y-. The second-order valence-corrected chi connectivity index (χ2v) is 9.62. The Kier molecular flexibility index (Phi) is 24.2. The Balaban J connectivity index is 0.00000548. The topological polar surface area (TPSA) is 160 Å². The number of hydroxylamine groups is 1. The molecule has 0 aliphatic carbocycles. The van der Waals surface area contributed by atoms with Crippen molar-refractivity contribution < 1.29 is 57.0 Å². The average Bonchev–Trinajstić information content (AvgIpc) is 3.01. The van der Waals surface area contributed by atoms with Gasteiger partial charge < -0.3 is 36.9 Å². The first-order chi connectivity index (χ1) is 20.0.